The Morgan fingerprint density at radius 2 is 2.35 bits per heavy atom. The number of rotatable bonds is 4. The Hall–Kier alpha value is -1.89. The normalized spacial score (nSPS) is 26.1. The van der Waals surface area contributed by atoms with Gasteiger partial charge in [-0.1, -0.05) is 0 Å². The molecule has 1 aromatic heterocycles. The summed E-state index contributed by atoms with van der Waals surface area (Å²) in [6.45, 7) is 1.83. The molecule has 0 bridgehead atoms. The highest BCUT2D eigenvalue weighted by Crippen LogP contribution is 2.30. The lowest BCUT2D eigenvalue weighted by Crippen LogP contribution is -2.38. The third-order valence-corrected chi connectivity index (χ3v) is 3.57. The molecule has 1 saturated carbocycles. The summed E-state index contributed by atoms with van der Waals surface area (Å²) in [6.07, 6.45) is 4.67. The average Bonchev–Trinajstić information content (AvgIpc) is 2.37. The fourth-order valence-electron chi connectivity index (χ4n) is 2.57. The first-order valence-electron chi connectivity index (χ1n) is 6.75. The van der Waals surface area contributed by atoms with E-state index in [1.54, 1.807) is 7.05 Å². The monoisotopic (exact) mass is 279 g/mol. The summed E-state index contributed by atoms with van der Waals surface area (Å²) >= 11 is 0. The van der Waals surface area contributed by atoms with Gasteiger partial charge in [-0.3, -0.25) is 4.79 Å². The SMILES string of the molecule is CNc1ncc(C(N)=O)c(NC2CCC[C@](C)(O)C2)n1. The number of amides is 1. The van der Waals surface area contributed by atoms with Crippen LogP contribution in [0, 0.1) is 0 Å². The van der Waals surface area contributed by atoms with Crippen LogP contribution in [0.3, 0.4) is 0 Å². The molecule has 1 heterocycles. The molecule has 7 nitrogen and oxygen atoms in total. The van der Waals surface area contributed by atoms with E-state index < -0.39 is 11.5 Å². The largest absolute Gasteiger partial charge is 0.390 e. The topological polar surface area (TPSA) is 113 Å². The van der Waals surface area contributed by atoms with Crippen LogP contribution in [0.25, 0.3) is 0 Å². The number of carbonyl (C=O) groups excluding carboxylic acids is 1. The van der Waals surface area contributed by atoms with E-state index >= 15 is 0 Å². The van der Waals surface area contributed by atoms with Gasteiger partial charge < -0.3 is 21.5 Å². The maximum absolute atomic E-state index is 11.4. The predicted molar refractivity (Wildman–Crippen MR) is 76.6 cm³/mol. The summed E-state index contributed by atoms with van der Waals surface area (Å²) < 4.78 is 0. The van der Waals surface area contributed by atoms with E-state index in [1.807, 2.05) is 6.92 Å². The summed E-state index contributed by atoms with van der Waals surface area (Å²) in [7, 11) is 1.70. The number of hydrogen-bond donors (Lipinski definition) is 4. The molecule has 2 atom stereocenters. The first-order chi connectivity index (χ1) is 9.41. The molecule has 1 aliphatic carbocycles. The number of aromatic nitrogens is 2. The molecule has 1 aliphatic rings. The Balaban J connectivity index is 2.20. The van der Waals surface area contributed by atoms with Crippen molar-refractivity contribution in [3.05, 3.63) is 11.8 Å². The van der Waals surface area contributed by atoms with Crippen LogP contribution in [0.4, 0.5) is 11.8 Å². The Kier molecular flexibility index (Phi) is 4.08. The van der Waals surface area contributed by atoms with Crippen molar-refractivity contribution in [3.63, 3.8) is 0 Å². The van der Waals surface area contributed by atoms with Gasteiger partial charge >= 0.3 is 0 Å². The van der Waals surface area contributed by atoms with Gasteiger partial charge in [0.15, 0.2) is 0 Å². The fourth-order valence-corrected chi connectivity index (χ4v) is 2.57. The number of hydrogen-bond acceptors (Lipinski definition) is 6. The van der Waals surface area contributed by atoms with Crippen LogP contribution in [-0.2, 0) is 0 Å². The molecule has 1 unspecified atom stereocenters. The Labute approximate surface area is 118 Å². The first kappa shape index (κ1) is 14.5. The predicted octanol–water partition coefficient (Wildman–Crippen LogP) is 0.723. The van der Waals surface area contributed by atoms with Gasteiger partial charge in [0.2, 0.25) is 5.95 Å². The molecule has 1 amide bonds. The molecule has 1 fully saturated rings. The first-order valence-corrected chi connectivity index (χ1v) is 6.75. The molecule has 1 aromatic rings. The third-order valence-electron chi connectivity index (χ3n) is 3.57. The molecule has 5 N–H and O–H groups in total. The zero-order chi connectivity index (χ0) is 14.8. The fraction of sp³-hybridized carbons (Fsp3) is 0.615. The number of nitrogens with two attached hydrogens (primary N) is 1. The number of carbonyl (C=O) groups is 1. The molecular formula is C13H21N5O2. The van der Waals surface area contributed by atoms with Crippen molar-refractivity contribution in [2.24, 2.45) is 5.73 Å². The molecule has 0 aliphatic heterocycles. The van der Waals surface area contributed by atoms with Crippen LogP contribution >= 0.6 is 0 Å². The van der Waals surface area contributed by atoms with Gasteiger partial charge in [-0.25, -0.2) is 4.98 Å². The van der Waals surface area contributed by atoms with E-state index in [9.17, 15) is 9.90 Å². The lowest BCUT2D eigenvalue weighted by molar-refractivity contribution is 0.0182. The smallest absolute Gasteiger partial charge is 0.254 e. The summed E-state index contributed by atoms with van der Waals surface area (Å²) in [5, 5.41) is 16.2. The zero-order valence-corrected chi connectivity index (χ0v) is 11.8. The number of nitrogens with one attached hydrogen (secondary N) is 2. The van der Waals surface area contributed by atoms with Gasteiger partial charge in [0, 0.05) is 19.3 Å². The van der Waals surface area contributed by atoms with E-state index in [0.29, 0.717) is 18.2 Å². The lowest BCUT2D eigenvalue weighted by Gasteiger charge is -2.34. The summed E-state index contributed by atoms with van der Waals surface area (Å²) in [6, 6.07) is 0.0662. The van der Waals surface area contributed by atoms with Gasteiger partial charge in [0.1, 0.15) is 5.82 Å². The molecule has 7 heteroatoms. The van der Waals surface area contributed by atoms with Crippen molar-refractivity contribution >= 4 is 17.7 Å². The van der Waals surface area contributed by atoms with E-state index in [4.69, 9.17) is 5.73 Å². The van der Waals surface area contributed by atoms with Crippen LogP contribution in [-0.4, -0.2) is 39.7 Å². The molecule has 2 rings (SSSR count). The van der Waals surface area contributed by atoms with E-state index in [-0.39, 0.29) is 11.6 Å². The number of primary amides is 1. The van der Waals surface area contributed by atoms with Crippen molar-refractivity contribution in [2.45, 2.75) is 44.2 Å². The number of aliphatic hydroxyl groups is 1. The molecular weight excluding hydrogens is 258 g/mol. The van der Waals surface area contributed by atoms with Gasteiger partial charge in [0.05, 0.1) is 11.2 Å². The maximum Gasteiger partial charge on any atom is 0.254 e. The van der Waals surface area contributed by atoms with Crippen LogP contribution in [0.1, 0.15) is 43.0 Å². The molecule has 20 heavy (non-hydrogen) atoms. The van der Waals surface area contributed by atoms with Crippen molar-refractivity contribution < 1.29 is 9.90 Å². The minimum Gasteiger partial charge on any atom is -0.390 e. The quantitative estimate of drug-likeness (QED) is 0.646. The average molecular weight is 279 g/mol. The minimum atomic E-state index is -0.679. The number of nitrogens with zero attached hydrogens (tertiary/aromatic N) is 2. The summed E-state index contributed by atoms with van der Waals surface area (Å²) in [4.78, 5) is 19.6. The van der Waals surface area contributed by atoms with E-state index in [1.165, 1.54) is 6.20 Å². The summed E-state index contributed by atoms with van der Waals surface area (Å²) in [5.74, 6) is 0.261. The van der Waals surface area contributed by atoms with Gasteiger partial charge in [-0.05, 0) is 32.6 Å². The third kappa shape index (κ3) is 3.36. The van der Waals surface area contributed by atoms with Crippen LogP contribution in [0.5, 0.6) is 0 Å². The Morgan fingerprint density at radius 1 is 1.60 bits per heavy atom. The van der Waals surface area contributed by atoms with Crippen molar-refractivity contribution in [1.82, 2.24) is 9.97 Å². The van der Waals surface area contributed by atoms with Crippen molar-refractivity contribution in [2.75, 3.05) is 17.7 Å². The van der Waals surface area contributed by atoms with Crippen LogP contribution in [0.2, 0.25) is 0 Å². The molecule has 0 aromatic carbocycles. The summed E-state index contributed by atoms with van der Waals surface area (Å²) in [5.41, 5.74) is 4.92. The van der Waals surface area contributed by atoms with Crippen LogP contribution < -0.4 is 16.4 Å². The molecule has 0 saturated heterocycles. The highest BCUT2D eigenvalue weighted by Gasteiger charge is 2.30. The Morgan fingerprint density at radius 3 is 2.95 bits per heavy atom. The van der Waals surface area contributed by atoms with Crippen molar-refractivity contribution in [1.29, 1.82) is 0 Å². The second kappa shape index (κ2) is 5.62. The second-order valence-electron chi connectivity index (χ2n) is 5.50. The zero-order valence-electron chi connectivity index (χ0n) is 11.8. The van der Waals surface area contributed by atoms with Crippen LogP contribution in [0.15, 0.2) is 6.20 Å². The molecule has 0 spiro atoms. The van der Waals surface area contributed by atoms with Gasteiger partial charge in [-0.15, -0.1) is 0 Å². The van der Waals surface area contributed by atoms with Crippen molar-refractivity contribution in [3.8, 4) is 0 Å². The highest BCUT2D eigenvalue weighted by atomic mass is 16.3. The van der Waals surface area contributed by atoms with E-state index in [2.05, 4.69) is 20.6 Å². The molecule has 0 radical (unpaired) electrons. The Bertz CT molecular complexity index is 504. The number of anilines is 2. The maximum atomic E-state index is 11.4. The van der Waals surface area contributed by atoms with Gasteiger partial charge in [-0.2, -0.15) is 4.98 Å². The standard InChI is InChI=1S/C13H21N5O2/c1-13(20)5-3-4-8(6-13)17-11-9(10(14)19)7-16-12(15-2)18-11/h7-8,20H,3-6H2,1-2H3,(H2,14,19)(H2,15,16,17,18)/t8?,13-/m0/s1. The van der Waals surface area contributed by atoms with Gasteiger partial charge in [0.25, 0.3) is 5.91 Å². The minimum absolute atomic E-state index is 0.0662. The van der Waals surface area contributed by atoms with E-state index in [0.717, 1.165) is 19.3 Å². The molecule has 110 valence electrons. The second-order valence-corrected chi connectivity index (χ2v) is 5.50. The highest BCUT2D eigenvalue weighted by molar-refractivity contribution is 5.97. The lowest BCUT2D eigenvalue weighted by atomic mass is 9.83.